The summed E-state index contributed by atoms with van der Waals surface area (Å²) in [7, 11) is 0. The molecule has 1 saturated carbocycles. The van der Waals surface area contributed by atoms with Gasteiger partial charge in [0.15, 0.2) is 0 Å². The van der Waals surface area contributed by atoms with E-state index < -0.39 is 0 Å². The molecule has 1 heterocycles. The molecular weight excluding hydrogens is 336 g/mol. The molecule has 3 aromatic rings. The Morgan fingerprint density at radius 1 is 1.11 bits per heavy atom. The van der Waals surface area contributed by atoms with E-state index in [0.717, 1.165) is 42.4 Å². The Bertz CT molecular complexity index is 915. The van der Waals surface area contributed by atoms with Crippen LogP contribution in [0, 0.1) is 11.8 Å². The molecule has 1 fully saturated rings. The number of hydrogen-bond acceptors (Lipinski definition) is 3. The van der Waals surface area contributed by atoms with E-state index in [-0.39, 0.29) is 11.8 Å². The normalized spacial score (nSPS) is 19.4. The average molecular weight is 362 g/mol. The Balaban J connectivity index is 1.35. The summed E-state index contributed by atoms with van der Waals surface area (Å²) in [5.74, 6) is 0.582. The highest BCUT2D eigenvalue weighted by Gasteiger charge is 2.31. The number of imidazole rings is 1. The molecule has 5 nitrogen and oxygen atoms in total. The molecule has 0 unspecified atom stereocenters. The number of rotatable bonds is 6. The first kappa shape index (κ1) is 17.7. The Kier molecular flexibility index (Phi) is 5.21. The van der Waals surface area contributed by atoms with Crippen LogP contribution in [-0.2, 0) is 17.9 Å². The molecule has 5 heteroatoms. The van der Waals surface area contributed by atoms with Crippen molar-refractivity contribution in [2.24, 2.45) is 17.6 Å². The number of fused-ring (bicyclic) bond motifs is 1. The second kappa shape index (κ2) is 7.92. The monoisotopic (exact) mass is 362 g/mol. The van der Waals surface area contributed by atoms with Gasteiger partial charge in [0.05, 0.1) is 17.4 Å². The van der Waals surface area contributed by atoms with Crippen LogP contribution in [0.3, 0.4) is 0 Å². The second-order valence-electron chi connectivity index (χ2n) is 7.43. The van der Waals surface area contributed by atoms with Crippen molar-refractivity contribution in [2.45, 2.75) is 32.4 Å². The van der Waals surface area contributed by atoms with Crippen molar-refractivity contribution in [2.75, 3.05) is 6.54 Å². The van der Waals surface area contributed by atoms with Crippen LogP contribution in [0.1, 0.15) is 30.4 Å². The van der Waals surface area contributed by atoms with Crippen LogP contribution in [0.4, 0.5) is 0 Å². The van der Waals surface area contributed by atoms with Gasteiger partial charge in [0, 0.05) is 19.0 Å². The third-order valence-electron chi connectivity index (χ3n) is 5.67. The fraction of sp³-hybridized carbons (Fsp3) is 0.364. The predicted molar refractivity (Wildman–Crippen MR) is 107 cm³/mol. The van der Waals surface area contributed by atoms with Crippen molar-refractivity contribution in [1.82, 2.24) is 14.9 Å². The number of carbonyl (C=O) groups excluding carboxylic acids is 1. The van der Waals surface area contributed by atoms with E-state index >= 15 is 0 Å². The van der Waals surface area contributed by atoms with Crippen LogP contribution in [0.2, 0.25) is 0 Å². The van der Waals surface area contributed by atoms with Crippen LogP contribution in [0.25, 0.3) is 11.0 Å². The quantitative estimate of drug-likeness (QED) is 0.708. The molecule has 0 radical (unpaired) electrons. The lowest BCUT2D eigenvalue weighted by Crippen LogP contribution is -2.34. The van der Waals surface area contributed by atoms with Gasteiger partial charge in [-0.05, 0) is 48.6 Å². The molecular formula is C22H26N4O. The maximum atomic E-state index is 12.4. The highest BCUT2D eigenvalue weighted by atomic mass is 16.1. The first-order chi connectivity index (χ1) is 13.2. The summed E-state index contributed by atoms with van der Waals surface area (Å²) in [6.07, 6.45) is 5.03. The lowest BCUT2D eigenvalue weighted by atomic mass is 9.95. The molecule has 3 N–H and O–H groups in total. The molecule has 4 rings (SSSR count). The Labute approximate surface area is 159 Å². The van der Waals surface area contributed by atoms with Crippen molar-refractivity contribution in [3.63, 3.8) is 0 Å². The van der Waals surface area contributed by atoms with Gasteiger partial charge in [-0.1, -0.05) is 42.8 Å². The Morgan fingerprint density at radius 3 is 2.70 bits per heavy atom. The number of nitrogens with zero attached hydrogens (tertiary/aromatic N) is 2. The third kappa shape index (κ3) is 3.88. The summed E-state index contributed by atoms with van der Waals surface area (Å²) >= 11 is 0. The first-order valence-electron chi connectivity index (χ1n) is 9.70. The first-order valence-corrected chi connectivity index (χ1v) is 9.70. The number of carbonyl (C=O) groups is 1. The molecule has 1 aliphatic carbocycles. The zero-order valence-electron chi connectivity index (χ0n) is 15.5. The van der Waals surface area contributed by atoms with Gasteiger partial charge in [0.25, 0.3) is 0 Å². The maximum Gasteiger partial charge on any atom is 0.223 e. The molecule has 1 aromatic heterocycles. The molecule has 140 valence electrons. The zero-order chi connectivity index (χ0) is 18.6. The molecule has 1 amide bonds. The molecule has 1 aliphatic rings. The molecule has 0 aliphatic heterocycles. The predicted octanol–water partition coefficient (Wildman–Crippen LogP) is 3.08. The Hall–Kier alpha value is -2.66. The molecule has 2 atom stereocenters. The summed E-state index contributed by atoms with van der Waals surface area (Å²) in [6, 6.07) is 16.6. The molecule has 27 heavy (non-hydrogen) atoms. The van der Waals surface area contributed by atoms with Crippen LogP contribution >= 0.6 is 0 Å². The number of para-hydroxylation sites is 2. The van der Waals surface area contributed by atoms with Crippen LogP contribution in [-0.4, -0.2) is 22.0 Å². The molecule has 0 spiro atoms. The summed E-state index contributed by atoms with van der Waals surface area (Å²) < 4.78 is 2.15. The van der Waals surface area contributed by atoms with Crippen molar-refractivity contribution < 1.29 is 4.79 Å². The lowest BCUT2D eigenvalue weighted by molar-refractivity contribution is -0.126. The standard InChI is InChI=1S/C22H26N4O/c23-12-18-4-3-5-19(18)22(27)24-13-16-8-10-17(11-9-16)14-26-15-25-20-6-1-2-7-21(20)26/h1-2,6-11,15,18-19H,3-5,12-14,23H2,(H,24,27)/t18-,19-/m1/s1. The van der Waals surface area contributed by atoms with Crippen molar-refractivity contribution >= 4 is 16.9 Å². The van der Waals surface area contributed by atoms with Gasteiger partial charge in [-0.2, -0.15) is 0 Å². The van der Waals surface area contributed by atoms with Gasteiger partial charge in [-0.3, -0.25) is 4.79 Å². The number of aromatic nitrogens is 2. The zero-order valence-corrected chi connectivity index (χ0v) is 15.5. The van der Waals surface area contributed by atoms with Gasteiger partial charge in [-0.15, -0.1) is 0 Å². The van der Waals surface area contributed by atoms with Crippen molar-refractivity contribution in [3.05, 3.63) is 66.0 Å². The number of hydrogen-bond donors (Lipinski definition) is 2. The van der Waals surface area contributed by atoms with Crippen molar-refractivity contribution in [3.8, 4) is 0 Å². The number of nitrogens with two attached hydrogens (primary N) is 1. The summed E-state index contributed by atoms with van der Waals surface area (Å²) in [6.45, 7) is 1.96. The molecule has 0 saturated heterocycles. The highest BCUT2D eigenvalue weighted by Crippen LogP contribution is 2.31. The van der Waals surface area contributed by atoms with E-state index in [1.807, 2.05) is 24.5 Å². The molecule has 2 aromatic carbocycles. The minimum absolute atomic E-state index is 0.0868. The fourth-order valence-corrected chi connectivity index (χ4v) is 4.08. The highest BCUT2D eigenvalue weighted by molar-refractivity contribution is 5.79. The van der Waals surface area contributed by atoms with E-state index in [2.05, 4.69) is 45.2 Å². The number of nitrogens with one attached hydrogen (secondary N) is 1. The maximum absolute atomic E-state index is 12.4. The molecule has 0 bridgehead atoms. The van der Waals surface area contributed by atoms with Crippen molar-refractivity contribution in [1.29, 1.82) is 0 Å². The second-order valence-corrected chi connectivity index (χ2v) is 7.43. The van der Waals surface area contributed by atoms with Gasteiger partial charge in [0.2, 0.25) is 5.91 Å². The van der Waals surface area contributed by atoms with E-state index in [4.69, 9.17) is 5.73 Å². The van der Waals surface area contributed by atoms with E-state index in [0.29, 0.717) is 19.0 Å². The summed E-state index contributed by atoms with van der Waals surface area (Å²) in [5, 5.41) is 3.08. The summed E-state index contributed by atoms with van der Waals surface area (Å²) in [5.41, 5.74) is 10.3. The summed E-state index contributed by atoms with van der Waals surface area (Å²) in [4.78, 5) is 16.9. The van der Waals surface area contributed by atoms with Gasteiger partial charge in [-0.25, -0.2) is 4.98 Å². The van der Waals surface area contributed by atoms with Crippen LogP contribution in [0.15, 0.2) is 54.9 Å². The van der Waals surface area contributed by atoms with Crippen LogP contribution < -0.4 is 11.1 Å². The lowest BCUT2D eigenvalue weighted by Gasteiger charge is -2.17. The average Bonchev–Trinajstić information content (AvgIpc) is 3.34. The SMILES string of the molecule is NC[C@H]1CCC[C@H]1C(=O)NCc1ccc(Cn2cnc3ccccc32)cc1. The van der Waals surface area contributed by atoms with Gasteiger partial charge in [0.1, 0.15) is 0 Å². The number of amides is 1. The van der Waals surface area contributed by atoms with E-state index in [1.54, 1.807) is 0 Å². The van der Waals surface area contributed by atoms with Gasteiger partial charge < -0.3 is 15.6 Å². The Morgan fingerprint density at radius 2 is 1.89 bits per heavy atom. The fourth-order valence-electron chi connectivity index (χ4n) is 4.08. The largest absolute Gasteiger partial charge is 0.352 e. The minimum Gasteiger partial charge on any atom is -0.352 e. The smallest absolute Gasteiger partial charge is 0.223 e. The van der Waals surface area contributed by atoms with Crippen LogP contribution in [0.5, 0.6) is 0 Å². The number of benzene rings is 2. The van der Waals surface area contributed by atoms with E-state index in [9.17, 15) is 4.79 Å². The minimum atomic E-state index is 0.0868. The van der Waals surface area contributed by atoms with Gasteiger partial charge >= 0.3 is 0 Å². The topological polar surface area (TPSA) is 72.9 Å². The third-order valence-corrected chi connectivity index (χ3v) is 5.67. The van der Waals surface area contributed by atoms with E-state index in [1.165, 1.54) is 5.56 Å².